The highest BCUT2D eigenvalue weighted by atomic mass is 16.5. The molecule has 2 heterocycles. The zero-order valence-corrected chi connectivity index (χ0v) is 25.3. The molecule has 0 saturated heterocycles. The van der Waals surface area contributed by atoms with Gasteiger partial charge in [-0.25, -0.2) is 0 Å². The lowest BCUT2D eigenvalue weighted by Crippen LogP contribution is -2.28. The molecule has 0 fully saturated rings. The fourth-order valence-corrected chi connectivity index (χ4v) is 4.84. The highest BCUT2D eigenvalue weighted by Gasteiger charge is 2.17. The van der Waals surface area contributed by atoms with Crippen LogP contribution in [0.25, 0.3) is 21.8 Å². The topological polar surface area (TPSA) is 90.7 Å². The molecular weight excluding hydrogens is 516 g/mol. The van der Waals surface area contributed by atoms with E-state index in [1.807, 2.05) is 48.8 Å². The number of carbonyl (C=O) groups excluding carboxylic acids is 2. The van der Waals surface area contributed by atoms with Gasteiger partial charge in [0.2, 0.25) is 0 Å². The van der Waals surface area contributed by atoms with Gasteiger partial charge in [0.15, 0.2) is 0 Å². The summed E-state index contributed by atoms with van der Waals surface area (Å²) < 4.78 is 11.5. The van der Waals surface area contributed by atoms with Crippen LogP contribution in [-0.2, 0) is 22.4 Å². The zero-order valence-electron chi connectivity index (χ0n) is 25.3. The summed E-state index contributed by atoms with van der Waals surface area (Å²) in [5.41, 5.74) is 4.12. The van der Waals surface area contributed by atoms with Gasteiger partial charge in [-0.05, 0) is 96.4 Å². The Bertz CT molecular complexity index is 1360. The van der Waals surface area contributed by atoms with E-state index in [9.17, 15) is 9.59 Å². The van der Waals surface area contributed by atoms with Crippen molar-refractivity contribution >= 4 is 33.7 Å². The van der Waals surface area contributed by atoms with Gasteiger partial charge in [-0.1, -0.05) is 12.1 Å². The van der Waals surface area contributed by atoms with Crippen molar-refractivity contribution in [1.82, 2.24) is 19.8 Å². The van der Waals surface area contributed by atoms with Crippen LogP contribution in [0.5, 0.6) is 11.5 Å². The predicted molar refractivity (Wildman–Crippen MR) is 165 cm³/mol. The molecular formula is C33H44N4O4. The summed E-state index contributed by atoms with van der Waals surface area (Å²) in [6.07, 6.45) is 6.28. The number of hydrogen-bond acceptors (Lipinski definition) is 6. The second-order valence-electron chi connectivity index (χ2n) is 11.4. The lowest BCUT2D eigenvalue weighted by Gasteiger charge is -2.20. The van der Waals surface area contributed by atoms with E-state index in [2.05, 4.69) is 61.6 Å². The first kappa shape index (κ1) is 30.3. The van der Waals surface area contributed by atoms with Crippen molar-refractivity contribution in [2.75, 3.05) is 27.2 Å². The van der Waals surface area contributed by atoms with Crippen LogP contribution in [0, 0.1) is 0 Å². The molecule has 0 unspecified atom stereocenters. The summed E-state index contributed by atoms with van der Waals surface area (Å²) in [5, 5.41) is 1.87. The Morgan fingerprint density at radius 1 is 0.707 bits per heavy atom. The Morgan fingerprint density at radius 3 is 1.51 bits per heavy atom. The number of likely N-dealkylation sites (N-methyl/N-ethyl adjacent to an activating group) is 2. The maximum Gasteiger partial charge on any atom is 0.311 e. The molecule has 41 heavy (non-hydrogen) atoms. The summed E-state index contributed by atoms with van der Waals surface area (Å²) in [7, 11) is 4.21. The number of benzene rings is 2. The normalized spacial score (nSPS) is 12.0. The average Bonchev–Trinajstić information content (AvgIpc) is 3.55. The van der Waals surface area contributed by atoms with Gasteiger partial charge in [0.05, 0.1) is 0 Å². The summed E-state index contributed by atoms with van der Waals surface area (Å²) in [6.45, 7) is 10.5. The Kier molecular flexibility index (Phi) is 10.2. The van der Waals surface area contributed by atoms with E-state index in [4.69, 9.17) is 9.47 Å². The molecule has 2 aromatic heterocycles. The quantitative estimate of drug-likeness (QED) is 0.143. The van der Waals surface area contributed by atoms with E-state index in [-0.39, 0.29) is 24.8 Å². The average molecular weight is 561 g/mol. The standard InChI is InChI=1S/C33H44N4O4/c1-22(2)36(5)18-16-24-20-34-26-10-7-12-28(32(24)26)40-30(38)14-9-15-31(39)41-29-13-8-11-27-33(29)25(21-35-27)17-19-37(6)23(3)4/h7-8,10-13,20-23,34-35H,9,14-19H2,1-6H3. The maximum absolute atomic E-state index is 12.7. The number of rotatable bonds is 14. The molecule has 8 nitrogen and oxygen atoms in total. The SMILES string of the molecule is CC(C)N(C)CCc1c[nH]c2cccc(OC(=O)CCCC(=O)Oc3cccc4[nH]cc(CCN(C)C(C)C)c34)c12. The maximum atomic E-state index is 12.7. The van der Waals surface area contributed by atoms with Crippen LogP contribution < -0.4 is 9.47 Å². The van der Waals surface area contributed by atoms with Crippen molar-refractivity contribution < 1.29 is 19.1 Å². The van der Waals surface area contributed by atoms with Crippen molar-refractivity contribution in [2.45, 2.75) is 71.9 Å². The van der Waals surface area contributed by atoms with Gasteiger partial charge in [0.25, 0.3) is 0 Å². The molecule has 0 aliphatic carbocycles. The third-order valence-corrected chi connectivity index (χ3v) is 7.94. The number of esters is 2. The lowest BCUT2D eigenvalue weighted by atomic mass is 10.1. The molecule has 0 bridgehead atoms. The summed E-state index contributed by atoms with van der Waals surface area (Å²) >= 11 is 0. The molecule has 0 amide bonds. The van der Waals surface area contributed by atoms with Crippen LogP contribution in [0.1, 0.15) is 58.1 Å². The minimum absolute atomic E-state index is 0.127. The molecule has 0 spiro atoms. The van der Waals surface area contributed by atoms with Gasteiger partial charge in [-0.2, -0.15) is 0 Å². The van der Waals surface area contributed by atoms with Crippen LogP contribution >= 0.6 is 0 Å². The molecule has 0 aliphatic heterocycles. The Balaban J connectivity index is 1.32. The molecule has 4 aromatic rings. The highest BCUT2D eigenvalue weighted by molar-refractivity contribution is 5.92. The predicted octanol–water partition coefficient (Wildman–Crippen LogP) is 6.10. The highest BCUT2D eigenvalue weighted by Crippen LogP contribution is 2.31. The van der Waals surface area contributed by atoms with Crippen LogP contribution in [-0.4, -0.2) is 71.0 Å². The number of carbonyl (C=O) groups is 2. The van der Waals surface area contributed by atoms with Gasteiger partial charge in [0.1, 0.15) is 11.5 Å². The second kappa shape index (κ2) is 13.8. The van der Waals surface area contributed by atoms with Crippen molar-refractivity contribution in [1.29, 1.82) is 0 Å². The molecule has 4 rings (SSSR count). The lowest BCUT2D eigenvalue weighted by molar-refractivity contribution is -0.135. The van der Waals surface area contributed by atoms with Gasteiger partial charge in [-0.15, -0.1) is 0 Å². The van der Waals surface area contributed by atoms with Gasteiger partial charge in [0, 0.05) is 72.2 Å². The first-order valence-corrected chi connectivity index (χ1v) is 14.6. The zero-order chi connectivity index (χ0) is 29.5. The fraction of sp³-hybridized carbons (Fsp3) is 0.455. The first-order chi connectivity index (χ1) is 19.6. The Labute approximate surface area is 243 Å². The Hall–Kier alpha value is -3.62. The van der Waals surface area contributed by atoms with Gasteiger partial charge < -0.3 is 29.2 Å². The van der Waals surface area contributed by atoms with E-state index in [0.717, 1.165) is 58.9 Å². The number of ether oxygens (including phenoxy) is 2. The van der Waals surface area contributed by atoms with Crippen molar-refractivity contribution in [3.8, 4) is 11.5 Å². The van der Waals surface area contributed by atoms with E-state index in [1.165, 1.54) is 0 Å². The molecule has 0 saturated carbocycles. The number of H-pyrrole nitrogens is 2. The summed E-state index contributed by atoms with van der Waals surface area (Å²) in [5.74, 6) is 0.378. The first-order valence-electron chi connectivity index (χ1n) is 14.6. The van der Waals surface area contributed by atoms with Gasteiger partial charge in [-0.3, -0.25) is 9.59 Å². The fourth-order valence-electron chi connectivity index (χ4n) is 4.84. The van der Waals surface area contributed by atoms with Gasteiger partial charge >= 0.3 is 11.9 Å². The number of hydrogen-bond donors (Lipinski definition) is 2. The number of aromatic amines is 2. The van der Waals surface area contributed by atoms with E-state index < -0.39 is 0 Å². The number of nitrogens with one attached hydrogen (secondary N) is 2. The minimum Gasteiger partial charge on any atom is -0.426 e. The molecule has 2 aromatic carbocycles. The monoisotopic (exact) mass is 560 g/mol. The van der Waals surface area contributed by atoms with Crippen molar-refractivity contribution in [3.05, 3.63) is 59.9 Å². The van der Waals surface area contributed by atoms with E-state index in [1.54, 1.807) is 0 Å². The molecule has 0 aliphatic rings. The van der Waals surface area contributed by atoms with Crippen LogP contribution in [0.2, 0.25) is 0 Å². The van der Waals surface area contributed by atoms with Crippen LogP contribution in [0.15, 0.2) is 48.8 Å². The third-order valence-electron chi connectivity index (χ3n) is 7.94. The number of fused-ring (bicyclic) bond motifs is 2. The van der Waals surface area contributed by atoms with E-state index >= 15 is 0 Å². The molecule has 2 N–H and O–H groups in total. The number of aromatic nitrogens is 2. The molecule has 0 radical (unpaired) electrons. The third kappa shape index (κ3) is 7.77. The summed E-state index contributed by atoms with van der Waals surface area (Å²) in [6, 6.07) is 12.3. The summed E-state index contributed by atoms with van der Waals surface area (Å²) in [4.78, 5) is 36.6. The minimum atomic E-state index is -0.360. The van der Waals surface area contributed by atoms with Crippen molar-refractivity contribution in [3.63, 3.8) is 0 Å². The second-order valence-corrected chi connectivity index (χ2v) is 11.4. The smallest absolute Gasteiger partial charge is 0.311 e. The molecule has 0 atom stereocenters. The van der Waals surface area contributed by atoms with Crippen LogP contribution in [0.3, 0.4) is 0 Å². The molecule has 220 valence electrons. The Morgan fingerprint density at radius 2 is 1.12 bits per heavy atom. The molecule has 8 heteroatoms. The van der Waals surface area contributed by atoms with Crippen molar-refractivity contribution in [2.24, 2.45) is 0 Å². The largest absolute Gasteiger partial charge is 0.426 e. The number of nitrogens with zero attached hydrogens (tertiary/aromatic N) is 2. The van der Waals surface area contributed by atoms with Crippen LogP contribution in [0.4, 0.5) is 0 Å². The van der Waals surface area contributed by atoms with E-state index in [0.29, 0.717) is 30.0 Å².